The van der Waals surface area contributed by atoms with Gasteiger partial charge in [-0.25, -0.2) is 0 Å². The minimum Gasteiger partial charge on any atom is -0.390 e. The fraction of sp³-hybridized carbons (Fsp3) is 1.00. The molecule has 3 fully saturated rings. The summed E-state index contributed by atoms with van der Waals surface area (Å²) in [6.45, 7) is 0. The first-order chi connectivity index (χ1) is 5.36. The highest BCUT2D eigenvalue weighted by molar-refractivity contribution is 5.06. The molecule has 0 amide bonds. The molecule has 0 bridgehead atoms. The highest BCUT2D eigenvalue weighted by atomic mass is 16.7. The van der Waals surface area contributed by atoms with Gasteiger partial charge in [-0.15, -0.1) is 0 Å². The second-order valence-electron chi connectivity index (χ2n) is 3.70. The van der Waals surface area contributed by atoms with Crippen molar-refractivity contribution in [3.8, 4) is 0 Å². The van der Waals surface area contributed by atoms with E-state index in [2.05, 4.69) is 0 Å². The third-order valence-electron chi connectivity index (χ3n) is 2.87. The van der Waals surface area contributed by atoms with Gasteiger partial charge in [-0.2, -0.15) is 0 Å². The van der Waals surface area contributed by atoms with Gasteiger partial charge in [-0.05, 0) is 19.3 Å². The van der Waals surface area contributed by atoms with Crippen LogP contribution in [0.1, 0.15) is 19.3 Å². The monoisotopic (exact) mass is 156 g/mol. The van der Waals surface area contributed by atoms with Crippen molar-refractivity contribution in [3.63, 3.8) is 0 Å². The predicted octanol–water partition coefficient (Wildman–Crippen LogP) is 0.0660. The third kappa shape index (κ3) is 0.916. The van der Waals surface area contributed by atoms with Crippen LogP contribution < -0.4 is 0 Å². The molecule has 0 aromatic carbocycles. The van der Waals surface area contributed by atoms with Gasteiger partial charge in [0.1, 0.15) is 18.3 Å². The summed E-state index contributed by atoms with van der Waals surface area (Å²) in [5.41, 5.74) is 0. The van der Waals surface area contributed by atoms with Crippen molar-refractivity contribution in [2.24, 2.45) is 0 Å². The summed E-state index contributed by atoms with van der Waals surface area (Å²) in [5, 5.41) is 9.48. The quantitative estimate of drug-likeness (QED) is 0.505. The van der Waals surface area contributed by atoms with Gasteiger partial charge in [-0.1, -0.05) is 0 Å². The van der Waals surface area contributed by atoms with Crippen LogP contribution in [0, 0.1) is 0 Å². The van der Waals surface area contributed by atoms with E-state index in [1.165, 1.54) is 0 Å². The van der Waals surface area contributed by atoms with Crippen LogP contribution in [0.3, 0.4) is 0 Å². The van der Waals surface area contributed by atoms with Gasteiger partial charge in [0, 0.05) is 0 Å². The zero-order valence-electron chi connectivity index (χ0n) is 6.27. The Morgan fingerprint density at radius 2 is 1.91 bits per heavy atom. The van der Waals surface area contributed by atoms with E-state index in [9.17, 15) is 5.11 Å². The number of hydrogen-bond acceptors (Lipinski definition) is 3. The Hall–Kier alpha value is -0.120. The summed E-state index contributed by atoms with van der Waals surface area (Å²) in [4.78, 5) is 0. The molecule has 3 nitrogen and oxygen atoms in total. The van der Waals surface area contributed by atoms with Crippen LogP contribution in [0.15, 0.2) is 0 Å². The van der Waals surface area contributed by atoms with E-state index in [0.29, 0.717) is 12.2 Å². The number of rotatable bonds is 0. The van der Waals surface area contributed by atoms with E-state index < -0.39 is 0 Å². The van der Waals surface area contributed by atoms with Crippen molar-refractivity contribution in [2.45, 2.75) is 49.8 Å². The molecule has 3 rings (SSSR count). The fourth-order valence-electron chi connectivity index (χ4n) is 2.08. The third-order valence-corrected chi connectivity index (χ3v) is 2.87. The molecule has 2 aliphatic heterocycles. The van der Waals surface area contributed by atoms with Crippen molar-refractivity contribution in [1.29, 1.82) is 0 Å². The Morgan fingerprint density at radius 1 is 1.00 bits per heavy atom. The largest absolute Gasteiger partial charge is 0.390 e. The van der Waals surface area contributed by atoms with E-state index in [4.69, 9.17) is 9.47 Å². The molecular formula is C8H12O3. The molecule has 62 valence electrons. The lowest BCUT2D eigenvalue weighted by Crippen LogP contribution is -2.21. The maximum absolute atomic E-state index is 9.48. The van der Waals surface area contributed by atoms with Gasteiger partial charge in [0.15, 0.2) is 0 Å². The van der Waals surface area contributed by atoms with Gasteiger partial charge in [0.05, 0.1) is 12.2 Å². The molecule has 1 N–H and O–H groups in total. The minimum absolute atomic E-state index is 0.102. The first-order valence-electron chi connectivity index (χ1n) is 4.35. The van der Waals surface area contributed by atoms with Gasteiger partial charge in [-0.3, -0.25) is 0 Å². The van der Waals surface area contributed by atoms with E-state index >= 15 is 0 Å². The van der Waals surface area contributed by atoms with Crippen LogP contribution in [0.2, 0.25) is 0 Å². The van der Waals surface area contributed by atoms with Gasteiger partial charge >= 0.3 is 0 Å². The number of fused-ring (bicyclic) bond motifs is 3. The number of hydrogen-bond donors (Lipinski definition) is 1. The van der Waals surface area contributed by atoms with Crippen LogP contribution in [0.5, 0.6) is 0 Å². The normalized spacial score (nSPS) is 60.3. The Bertz CT molecular complexity index is 176. The van der Waals surface area contributed by atoms with E-state index in [-0.39, 0.29) is 18.3 Å². The molecule has 0 aromatic rings. The lowest BCUT2D eigenvalue weighted by molar-refractivity contribution is 0.123. The molecule has 0 radical (unpaired) electrons. The molecule has 0 spiro atoms. The summed E-state index contributed by atoms with van der Waals surface area (Å²) in [7, 11) is 0. The first kappa shape index (κ1) is 6.40. The second-order valence-corrected chi connectivity index (χ2v) is 3.70. The molecule has 5 atom stereocenters. The average Bonchev–Trinajstić information content (AvgIpc) is 2.76. The molecular weight excluding hydrogens is 144 g/mol. The van der Waals surface area contributed by atoms with Crippen LogP contribution in [-0.4, -0.2) is 35.6 Å². The number of aliphatic hydroxyl groups excluding tert-OH is 1. The summed E-state index contributed by atoms with van der Waals surface area (Å²) in [6.07, 6.45) is 3.95. The molecule has 3 heteroatoms. The molecule has 1 saturated carbocycles. The minimum atomic E-state index is -0.231. The second kappa shape index (κ2) is 1.97. The summed E-state index contributed by atoms with van der Waals surface area (Å²) in [6, 6.07) is 0. The Balaban J connectivity index is 1.73. The lowest BCUT2D eigenvalue weighted by Gasteiger charge is -2.07. The van der Waals surface area contributed by atoms with Crippen molar-refractivity contribution < 1.29 is 14.6 Å². The number of epoxide rings is 2. The molecule has 2 saturated heterocycles. The van der Waals surface area contributed by atoms with Crippen molar-refractivity contribution >= 4 is 0 Å². The van der Waals surface area contributed by atoms with Crippen molar-refractivity contribution in [3.05, 3.63) is 0 Å². The van der Waals surface area contributed by atoms with Crippen LogP contribution in [0.25, 0.3) is 0 Å². The smallest absolute Gasteiger partial charge is 0.115 e. The zero-order valence-corrected chi connectivity index (χ0v) is 6.27. The molecule has 5 unspecified atom stereocenters. The van der Waals surface area contributed by atoms with E-state index in [1.807, 2.05) is 0 Å². The topological polar surface area (TPSA) is 45.3 Å². The van der Waals surface area contributed by atoms with Crippen molar-refractivity contribution in [2.75, 3.05) is 0 Å². The SMILES string of the molecule is OC1CCCC2OC2C2OC12. The Morgan fingerprint density at radius 3 is 2.82 bits per heavy atom. The average molecular weight is 156 g/mol. The predicted molar refractivity (Wildman–Crippen MR) is 37.2 cm³/mol. The number of ether oxygens (including phenoxy) is 2. The standard InChI is InChI=1S/C8H12O3/c9-4-2-1-3-5-7(10-5)8-6(4)11-8/h4-9H,1-3H2. The fourth-order valence-corrected chi connectivity index (χ4v) is 2.08. The van der Waals surface area contributed by atoms with Gasteiger partial charge in [0.25, 0.3) is 0 Å². The van der Waals surface area contributed by atoms with E-state index in [0.717, 1.165) is 19.3 Å². The maximum atomic E-state index is 9.48. The Labute approximate surface area is 65.3 Å². The summed E-state index contributed by atoms with van der Waals surface area (Å²) >= 11 is 0. The molecule has 11 heavy (non-hydrogen) atoms. The lowest BCUT2D eigenvalue weighted by atomic mass is 9.99. The number of aliphatic hydroxyl groups is 1. The zero-order chi connectivity index (χ0) is 7.42. The first-order valence-corrected chi connectivity index (χ1v) is 4.35. The molecule has 2 heterocycles. The maximum Gasteiger partial charge on any atom is 0.115 e. The van der Waals surface area contributed by atoms with E-state index in [1.54, 1.807) is 0 Å². The molecule has 1 aliphatic carbocycles. The van der Waals surface area contributed by atoms with Crippen LogP contribution >= 0.6 is 0 Å². The Kier molecular flexibility index (Phi) is 1.15. The summed E-state index contributed by atoms with van der Waals surface area (Å²) in [5.74, 6) is 0. The molecule has 0 aromatic heterocycles. The van der Waals surface area contributed by atoms with Gasteiger partial charge < -0.3 is 14.6 Å². The van der Waals surface area contributed by atoms with Crippen molar-refractivity contribution in [1.82, 2.24) is 0 Å². The van der Waals surface area contributed by atoms with Gasteiger partial charge in [0.2, 0.25) is 0 Å². The molecule has 3 aliphatic rings. The highest BCUT2D eigenvalue weighted by Gasteiger charge is 2.60. The summed E-state index contributed by atoms with van der Waals surface area (Å²) < 4.78 is 10.7. The van der Waals surface area contributed by atoms with Crippen LogP contribution in [0.4, 0.5) is 0 Å². The highest BCUT2D eigenvalue weighted by Crippen LogP contribution is 2.44. The van der Waals surface area contributed by atoms with Crippen LogP contribution in [-0.2, 0) is 9.47 Å².